The van der Waals surface area contributed by atoms with Gasteiger partial charge in [0, 0.05) is 0 Å². The van der Waals surface area contributed by atoms with Gasteiger partial charge in [-0.1, -0.05) is 0 Å². The number of hydrogen-bond donors (Lipinski definition) is 2. The summed E-state index contributed by atoms with van der Waals surface area (Å²) < 4.78 is 34.5. The first kappa shape index (κ1) is 5.34. The Morgan fingerprint density at radius 2 is 1.20 bits per heavy atom. The van der Waals surface area contributed by atoms with E-state index in [1.54, 1.807) is 0 Å². The molecule has 2 nitrogen and oxygen atoms in total. The van der Waals surface area contributed by atoms with Crippen LogP contribution in [0.5, 0.6) is 0 Å². The summed E-state index contributed by atoms with van der Waals surface area (Å²) in [6, 6.07) is 0. The number of rotatable bonds is 0. The van der Waals surface area contributed by atoms with Crippen LogP contribution >= 0.6 is 0 Å². The van der Waals surface area contributed by atoms with Crippen LogP contribution in [0.1, 0.15) is 0 Å². The van der Waals surface area contributed by atoms with Crippen molar-refractivity contribution in [1.82, 2.24) is 0 Å². The quantitative estimate of drug-likeness (QED) is 0.436. The molecule has 2 N–H and O–H groups in total. The molecular formula is H3AsF2O2. The maximum absolute atomic E-state index is 10.3. The molecule has 0 aliphatic carbocycles. The fraction of sp³-hybridized carbons (Fsp3) is 0. The molecule has 0 unspecified atom stereocenters. The summed E-state index contributed by atoms with van der Waals surface area (Å²) in [5.41, 5.74) is 0. The fourth-order valence-electron chi connectivity index (χ4n) is 0. The first-order valence-corrected chi connectivity index (χ1v) is 4.29. The Bertz CT molecular complexity index is 23.1. The average molecular weight is 148 g/mol. The van der Waals surface area contributed by atoms with E-state index in [0.717, 1.165) is 0 Å². The molecule has 0 amide bonds. The van der Waals surface area contributed by atoms with Crippen LogP contribution < -0.4 is 0 Å². The Labute approximate surface area is 31.2 Å². The summed E-state index contributed by atoms with van der Waals surface area (Å²) >= 11 is -6.00. The van der Waals surface area contributed by atoms with E-state index in [4.69, 9.17) is 8.19 Å². The first-order chi connectivity index (χ1) is 2.00. The van der Waals surface area contributed by atoms with E-state index >= 15 is 0 Å². The summed E-state index contributed by atoms with van der Waals surface area (Å²) in [7, 11) is 0. The summed E-state index contributed by atoms with van der Waals surface area (Å²) in [4.78, 5) is 0. The molecule has 5 heavy (non-hydrogen) atoms. The van der Waals surface area contributed by atoms with Gasteiger partial charge in [-0.15, -0.1) is 0 Å². The minimum absolute atomic E-state index is 6.00. The molecule has 0 aromatic carbocycles. The van der Waals surface area contributed by atoms with Gasteiger partial charge < -0.3 is 0 Å². The Morgan fingerprint density at radius 1 is 1.20 bits per heavy atom. The van der Waals surface area contributed by atoms with Crippen LogP contribution in [0.15, 0.2) is 0 Å². The van der Waals surface area contributed by atoms with Crippen LogP contribution in [0.2, 0.25) is 0 Å². The molecule has 0 aliphatic heterocycles. The predicted octanol–water partition coefficient (Wildman–Crippen LogP) is -0.922. The fourth-order valence-corrected chi connectivity index (χ4v) is 0. The van der Waals surface area contributed by atoms with Gasteiger partial charge in [0.25, 0.3) is 0 Å². The zero-order chi connectivity index (χ0) is 4.50. The monoisotopic (exact) mass is 148 g/mol. The Kier molecular flexibility index (Phi) is 1.28. The molecule has 34 valence electrons. The summed E-state index contributed by atoms with van der Waals surface area (Å²) in [6.07, 6.45) is 0. The molecule has 5 heteroatoms. The molecule has 0 saturated heterocycles. The molecular weight excluding hydrogens is 145 g/mol. The van der Waals surface area contributed by atoms with Crippen molar-refractivity contribution in [3.63, 3.8) is 0 Å². The van der Waals surface area contributed by atoms with Gasteiger partial charge in [-0.25, -0.2) is 0 Å². The van der Waals surface area contributed by atoms with Gasteiger partial charge in [0.1, 0.15) is 0 Å². The van der Waals surface area contributed by atoms with E-state index < -0.39 is 15.2 Å². The van der Waals surface area contributed by atoms with Crippen LogP contribution in [0.4, 0.5) is 6.93 Å². The maximum atomic E-state index is 10.3. The zero-order valence-corrected chi connectivity index (χ0v) is 4.25. The van der Waals surface area contributed by atoms with Crippen molar-refractivity contribution >= 4 is 15.2 Å². The Hall–Kier alpha value is 0.338. The van der Waals surface area contributed by atoms with Gasteiger partial charge >= 0.3 is 30.3 Å². The average Bonchev–Trinajstić information content (AvgIpc) is 0.722. The zero-order valence-electron chi connectivity index (χ0n) is 2.15. The molecule has 0 radical (unpaired) electrons. The molecule has 0 aromatic rings. The molecule has 0 rings (SSSR count). The van der Waals surface area contributed by atoms with Crippen LogP contribution in [0.25, 0.3) is 0 Å². The molecule has 0 bridgehead atoms. The van der Waals surface area contributed by atoms with Crippen LogP contribution in [-0.2, 0) is 0 Å². The summed E-state index contributed by atoms with van der Waals surface area (Å²) in [6.45, 7) is 0. The Morgan fingerprint density at radius 3 is 1.20 bits per heavy atom. The van der Waals surface area contributed by atoms with Gasteiger partial charge in [0.05, 0.1) is 0 Å². The van der Waals surface area contributed by atoms with Crippen molar-refractivity contribution < 1.29 is 15.1 Å². The van der Waals surface area contributed by atoms with Crippen molar-refractivity contribution in [3.05, 3.63) is 0 Å². The Balaban J connectivity index is 3.02. The van der Waals surface area contributed by atoms with E-state index in [9.17, 15) is 6.93 Å². The molecule has 0 fully saturated rings. The molecule has 0 spiro atoms. The van der Waals surface area contributed by atoms with Crippen LogP contribution in [-0.4, -0.2) is 23.4 Å². The second kappa shape index (κ2) is 1.20. The van der Waals surface area contributed by atoms with Crippen molar-refractivity contribution in [2.75, 3.05) is 0 Å². The van der Waals surface area contributed by atoms with Gasteiger partial charge in [-0.05, 0) is 0 Å². The standard InChI is InChI=1S/AsF2H3O2/c2-1(3,4)5/h1,4-5H. The van der Waals surface area contributed by atoms with Crippen molar-refractivity contribution in [1.29, 1.82) is 0 Å². The normalized spacial score (nSPS) is 15.2. The van der Waals surface area contributed by atoms with E-state index in [1.165, 1.54) is 0 Å². The van der Waals surface area contributed by atoms with Crippen LogP contribution in [0, 0.1) is 0 Å². The first-order valence-electron chi connectivity index (χ1n) is 0.825. The summed E-state index contributed by atoms with van der Waals surface area (Å²) in [5.74, 6) is 0. The van der Waals surface area contributed by atoms with E-state index in [-0.39, 0.29) is 0 Å². The van der Waals surface area contributed by atoms with Gasteiger partial charge in [-0.2, -0.15) is 0 Å². The van der Waals surface area contributed by atoms with Gasteiger partial charge in [0.15, 0.2) is 0 Å². The number of halogens is 2. The SMILES string of the molecule is O[AsH](O)(F)F. The topological polar surface area (TPSA) is 40.5 Å². The van der Waals surface area contributed by atoms with Gasteiger partial charge in [0.2, 0.25) is 0 Å². The second-order valence-electron chi connectivity index (χ2n) is 0.509. The second-order valence-corrected chi connectivity index (χ2v) is 2.65. The third-order valence-electron chi connectivity index (χ3n) is 0. The third kappa shape index (κ3) is 207. The predicted molar refractivity (Wildman–Crippen MR) is 13.8 cm³/mol. The molecule has 0 heterocycles. The summed E-state index contributed by atoms with van der Waals surface area (Å²) in [5, 5.41) is 0. The van der Waals surface area contributed by atoms with Gasteiger partial charge in [-0.3, -0.25) is 0 Å². The number of hydrogen-bond acceptors (Lipinski definition) is 2. The van der Waals surface area contributed by atoms with Crippen molar-refractivity contribution in [2.24, 2.45) is 0 Å². The third-order valence-corrected chi connectivity index (χ3v) is 0. The van der Waals surface area contributed by atoms with Crippen molar-refractivity contribution in [3.8, 4) is 0 Å². The van der Waals surface area contributed by atoms with E-state index in [1.807, 2.05) is 0 Å². The molecule has 0 atom stereocenters. The molecule has 0 aliphatic rings. The minimum atomic E-state index is -6.00. The van der Waals surface area contributed by atoms with Crippen molar-refractivity contribution in [2.45, 2.75) is 0 Å². The molecule has 0 saturated carbocycles. The molecule has 0 aromatic heterocycles. The van der Waals surface area contributed by atoms with E-state index in [0.29, 0.717) is 0 Å². The van der Waals surface area contributed by atoms with Crippen LogP contribution in [0.3, 0.4) is 0 Å². The van der Waals surface area contributed by atoms with E-state index in [2.05, 4.69) is 0 Å².